The Morgan fingerprint density at radius 2 is 1.70 bits per heavy atom. The molecule has 0 saturated carbocycles. The molecule has 0 aromatic heterocycles. The number of aliphatic hydroxyl groups is 1. The van der Waals surface area contributed by atoms with Crippen LogP contribution in [-0.4, -0.2) is 56.5 Å². The van der Waals surface area contributed by atoms with Crippen LogP contribution in [0.15, 0.2) is 105 Å². The maximum atomic E-state index is 14.0. The first-order valence-corrected chi connectivity index (χ1v) is 15.6. The zero-order valence-corrected chi connectivity index (χ0v) is 26.2. The van der Waals surface area contributed by atoms with E-state index in [1.165, 1.54) is 34.9 Å². The fourth-order valence-electron chi connectivity index (χ4n) is 5.08. The van der Waals surface area contributed by atoms with Gasteiger partial charge in [0.05, 0.1) is 27.3 Å². The Morgan fingerprint density at radius 1 is 1.02 bits per heavy atom. The fourth-order valence-corrected chi connectivity index (χ4v) is 6.85. The van der Waals surface area contributed by atoms with Crippen molar-refractivity contribution in [2.45, 2.75) is 35.9 Å². The van der Waals surface area contributed by atoms with E-state index in [1.807, 2.05) is 54.6 Å². The summed E-state index contributed by atoms with van der Waals surface area (Å²) < 4.78 is -1.01. The molecule has 1 aliphatic rings. The van der Waals surface area contributed by atoms with Gasteiger partial charge in [0.25, 0.3) is 11.8 Å². The Labute approximate surface area is 271 Å². The first-order valence-electron chi connectivity index (χ1n) is 13.8. The zero-order chi connectivity index (χ0) is 31.9. The van der Waals surface area contributed by atoms with Gasteiger partial charge in [0.1, 0.15) is 6.04 Å². The van der Waals surface area contributed by atoms with Gasteiger partial charge in [-0.3, -0.25) is 14.4 Å². The number of nitrogens with zero attached hydrogens (tertiary/aromatic N) is 1. The highest BCUT2D eigenvalue weighted by atomic mass is 35.5. The summed E-state index contributed by atoms with van der Waals surface area (Å²) in [6, 6.07) is 19.0. The second-order valence-corrected chi connectivity index (χ2v) is 12.3. The highest BCUT2D eigenvalue weighted by Gasteiger charge is 2.52. The molecule has 228 valence electrons. The molecular weight excluding hydrogens is 617 g/mol. The lowest BCUT2D eigenvalue weighted by atomic mass is 9.94. The summed E-state index contributed by atoms with van der Waals surface area (Å²) in [6.07, 6.45) is 3.30. The Morgan fingerprint density at radius 3 is 2.36 bits per heavy atom. The van der Waals surface area contributed by atoms with E-state index in [4.69, 9.17) is 23.2 Å². The van der Waals surface area contributed by atoms with Gasteiger partial charge in [0.2, 0.25) is 5.91 Å². The molecule has 3 atom stereocenters. The van der Waals surface area contributed by atoms with Crippen molar-refractivity contribution in [1.82, 2.24) is 15.5 Å². The standard InChI is InChI=1S/C34H33Cl2N3O4S/c1-4-23-14-10-11-15-24(23)20-37-32(42)30-34(5-2,6-3)44-21-39(30)33(43)29(40)28(18-22-12-8-7-9-13-22)38-31(41)26-17-16-25(35)19-27(26)36/h4-17,19,28-30,40H,1-3,18,20-21H2,(H,37,42)(H,38,41)/t28?,29-,30+/m0/s1. The number of aliphatic hydroxyl groups excluding tert-OH is 1. The number of amides is 3. The lowest BCUT2D eigenvalue weighted by molar-refractivity contribution is -0.146. The number of thioether (sulfide) groups is 1. The van der Waals surface area contributed by atoms with Gasteiger partial charge in [0.15, 0.2) is 6.10 Å². The maximum Gasteiger partial charge on any atom is 0.255 e. The number of hydrogen-bond donors (Lipinski definition) is 3. The molecule has 3 aromatic rings. The topological polar surface area (TPSA) is 98.7 Å². The molecule has 0 spiro atoms. The number of rotatable bonds is 12. The van der Waals surface area contributed by atoms with Crippen LogP contribution in [-0.2, 0) is 22.6 Å². The minimum absolute atomic E-state index is 0.0876. The molecule has 0 radical (unpaired) electrons. The van der Waals surface area contributed by atoms with Gasteiger partial charge in [-0.25, -0.2) is 0 Å². The molecule has 3 amide bonds. The number of hydrogen-bond acceptors (Lipinski definition) is 5. The molecule has 1 aliphatic heterocycles. The molecule has 1 unspecified atom stereocenters. The minimum atomic E-state index is -1.70. The highest BCUT2D eigenvalue weighted by molar-refractivity contribution is 8.01. The smallest absolute Gasteiger partial charge is 0.255 e. The van der Waals surface area contributed by atoms with Crippen molar-refractivity contribution in [3.8, 4) is 0 Å². The average molecular weight is 651 g/mol. The third-order valence-corrected chi connectivity index (χ3v) is 9.53. The van der Waals surface area contributed by atoms with Crippen LogP contribution >= 0.6 is 35.0 Å². The molecule has 4 rings (SSSR count). The average Bonchev–Trinajstić information content (AvgIpc) is 3.43. The summed E-state index contributed by atoms with van der Waals surface area (Å²) in [5, 5.41) is 17.7. The minimum Gasteiger partial charge on any atom is -0.381 e. The number of carbonyl (C=O) groups is 3. The second-order valence-electron chi connectivity index (χ2n) is 10.2. The summed E-state index contributed by atoms with van der Waals surface area (Å²) >= 11 is 13.6. The summed E-state index contributed by atoms with van der Waals surface area (Å²) in [4.78, 5) is 42.4. The number of halogens is 2. The van der Waals surface area contributed by atoms with Crippen molar-refractivity contribution in [1.29, 1.82) is 0 Å². The number of benzene rings is 3. The van der Waals surface area contributed by atoms with Gasteiger partial charge in [-0.15, -0.1) is 24.9 Å². The summed E-state index contributed by atoms with van der Waals surface area (Å²) in [6.45, 7) is 11.9. The predicted octanol–water partition coefficient (Wildman–Crippen LogP) is 5.67. The molecule has 7 nitrogen and oxygen atoms in total. The van der Waals surface area contributed by atoms with E-state index in [0.717, 1.165) is 16.7 Å². The molecule has 44 heavy (non-hydrogen) atoms. The molecule has 3 N–H and O–H groups in total. The molecule has 10 heteroatoms. The van der Waals surface area contributed by atoms with Gasteiger partial charge in [0, 0.05) is 11.6 Å². The van der Waals surface area contributed by atoms with Crippen molar-refractivity contribution in [2.24, 2.45) is 0 Å². The maximum absolute atomic E-state index is 14.0. The van der Waals surface area contributed by atoms with Crippen molar-refractivity contribution in [3.05, 3.63) is 137 Å². The quantitative estimate of drug-likeness (QED) is 0.220. The molecule has 0 aliphatic carbocycles. The van der Waals surface area contributed by atoms with Crippen LogP contribution in [0, 0.1) is 0 Å². The fraction of sp³-hybridized carbons (Fsp3) is 0.206. The van der Waals surface area contributed by atoms with E-state index in [0.29, 0.717) is 5.02 Å². The van der Waals surface area contributed by atoms with Gasteiger partial charge in [-0.2, -0.15) is 0 Å². The van der Waals surface area contributed by atoms with Crippen molar-refractivity contribution in [3.63, 3.8) is 0 Å². The predicted molar refractivity (Wildman–Crippen MR) is 178 cm³/mol. The molecular formula is C34H33Cl2N3O4S. The van der Waals surface area contributed by atoms with E-state index in [2.05, 4.69) is 30.4 Å². The van der Waals surface area contributed by atoms with Crippen LogP contribution in [0.25, 0.3) is 6.08 Å². The summed E-state index contributed by atoms with van der Waals surface area (Å²) in [7, 11) is 0. The van der Waals surface area contributed by atoms with Gasteiger partial charge in [-0.05, 0) is 41.3 Å². The largest absolute Gasteiger partial charge is 0.381 e. The highest BCUT2D eigenvalue weighted by Crippen LogP contribution is 2.42. The number of nitrogens with one attached hydrogen (secondary N) is 2. The number of carbonyl (C=O) groups excluding carboxylic acids is 3. The van der Waals surface area contributed by atoms with Crippen LogP contribution in [0.4, 0.5) is 0 Å². The van der Waals surface area contributed by atoms with E-state index in [1.54, 1.807) is 18.2 Å². The van der Waals surface area contributed by atoms with E-state index < -0.39 is 40.7 Å². The Bertz CT molecular complexity index is 1560. The van der Waals surface area contributed by atoms with Gasteiger partial charge >= 0.3 is 0 Å². The van der Waals surface area contributed by atoms with E-state index >= 15 is 0 Å². The van der Waals surface area contributed by atoms with Gasteiger partial charge in [-0.1, -0.05) is 103 Å². The van der Waals surface area contributed by atoms with Crippen LogP contribution in [0.2, 0.25) is 10.0 Å². The van der Waals surface area contributed by atoms with Crippen LogP contribution < -0.4 is 10.6 Å². The first kappa shape index (κ1) is 33.1. The molecule has 1 heterocycles. The van der Waals surface area contributed by atoms with E-state index in [9.17, 15) is 19.5 Å². The van der Waals surface area contributed by atoms with Crippen molar-refractivity contribution < 1.29 is 19.5 Å². The third kappa shape index (κ3) is 7.27. The van der Waals surface area contributed by atoms with Crippen LogP contribution in [0.3, 0.4) is 0 Å². The lowest BCUT2D eigenvalue weighted by Gasteiger charge is -2.34. The molecule has 1 fully saturated rings. The normalized spacial score (nSPS) is 16.8. The van der Waals surface area contributed by atoms with E-state index in [-0.39, 0.29) is 29.4 Å². The zero-order valence-electron chi connectivity index (χ0n) is 23.9. The van der Waals surface area contributed by atoms with Crippen molar-refractivity contribution >= 4 is 58.8 Å². The summed E-state index contributed by atoms with van der Waals surface area (Å²) in [5.41, 5.74) is 2.65. The second kappa shape index (κ2) is 14.8. The Balaban J connectivity index is 1.61. The van der Waals surface area contributed by atoms with Gasteiger partial charge < -0.3 is 20.6 Å². The summed E-state index contributed by atoms with van der Waals surface area (Å²) in [5.74, 6) is -1.66. The van der Waals surface area contributed by atoms with Crippen LogP contribution in [0.5, 0.6) is 0 Å². The lowest BCUT2D eigenvalue weighted by Crippen LogP contribution is -2.59. The molecule has 1 saturated heterocycles. The third-order valence-electron chi connectivity index (χ3n) is 7.52. The SMILES string of the molecule is C=Cc1ccccc1CNC(=O)[C@H]1N(C(=O)[C@@H](O)C(Cc2ccccc2)NC(=O)c2ccc(Cl)cc2Cl)CSC1(C=C)C=C. The molecule has 0 bridgehead atoms. The Hall–Kier alpha value is -3.82. The molecule has 3 aromatic carbocycles. The first-order chi connectivity index (χ1) is 21.1. The Kier molecular flexibility index (Phi) is 11.1. The van der Waals surface area contributed by atoms with Crippen LogP contribution in [0.1, 0.15) is 27.0 Å². The van der Waals surface area contributed by atoms with Crippen molar-refractivity contribution in [2.75, 3.05) is 5.88 Å². The monoisotopic (exact) mass is 649 g/mol.